The van der Waals surface area contributed by atoms with Crippen molar-refractivity contribution in [3.63, 3.8) is 0 Å². The second-order valence-corrected chi connectivity index (χ2v) is 7.19. The number of carbonyl (C=O) groups excluding carboxylic acids is 1. The molecule has 0 unspecified atom stereocenters. The smallest absolute Gasteiger partial charge is 0.247 e. The minimum absolute atomic E-state index is 0.0495. The highest BCUT2D eigenvalue weighted by molar-refractivity contribution is 5.76. The summed E-state index contributed by atoms with van der Waals surface area (Å²) in [7, 11) is 0. The van der Waals surface area contributed by atoms with Gasteiger partial charge in [0.2, 0.25) is 17.7 Å². The summed E-state index contributed by atoms with van der Waals surface area (Å²) in [5.41, 5.74) is 2.58. The van der Waals surface area contributed by atoms with Crippen LogP contribution in [0.2, 0.25) is 0 Å². The predicted octanol–water partition coefficient (Wildman–Crippen LogP) is 3.47. The van der Waals surface area contributed by atoms with E-state index < -0.39 is 0 Å². The summed E-state index contributed by atoms with van der Waals surface area (Å²) in [6, 6.07) is 14.6. The first-order valence-corrected chi connectivity index (χ1v) is 9.77. The zero-order valence-electron chi connectivity index (χ0n) is 16.3. The summed E-state index contributed by atoms with van der Waals surface area (Å²) in [6.45, 7) is 4.39. The highest BCUT2D eigenvalue weighted by atomic mass is 19.1. The van der Waals surface area contributed by atoms with Crippen LogP contribution in [0.5, 0.6) is 0 Å². The van der Waals surface area contributed by atoms with Gasteiger partial charge < -0.3 is 14.2 Å². The molecule has 0 aliphatic carbocycles. The van der Waals surface area contributed by atoms with E-state index >= 15 is 0 Å². The lowest BCUT2D eigenvalue weighted by Gasteiger charge is -2.36. The van der Waals surface area contributed by atoms with Crippen molar-refractivity contribution in [3.05, 3.63) is 65.8 Å². The second kappa shape index (κ2) is 8.43. The van der Waals surface area contributed by atoms with Crippen molar-refractivity contribution in [2.45, 2.75) is 19.8 Å². The second-order valence-electron chi connectivity index (χ2n) is 7.19. The van der Waals surface area contributed by atoms with Gasteiger partial charge in [0.05, 0.1) is 5.69 Å². The number of rotatable bonds is 5. The Balaban J connectivity index is 1.29. The molecule has 1 amide bonds. The van der Waals surface area contributed by atoms with E-state index in [4.69, 9.17) is 4.42 Å². The van der Waals surface area contributed by atoms with Crippen LogP contribution in [-0.2, 0) is 11.2 Å². The third kappa shape index (κ3) is 4.45. The lowest BCUT2D eigenvalue weighted by molar-refractivity contribution is -0.131. The highest BCUT2D eigenvalue weighted by Crippen LogP contribution is 2.21. The lowest BCUT2D eigenvalue weighted by atomic mass is 10.1. The summed E-state index contributed by atoms with van der Waals surface area (Å²) in [5, 5.41) is 8.15. The van der Waals surface area contributed by atoms with E-state index in [1.165, 1.54) is 6.07 Å². The van der Waals surface area contributed by atoms with Gasteiger partial charge in [-0.3, -0.25) is 4.79 Å². The average molecular weight is 394 g/mol. The fourth-order valence-corrected chi connectivity index (χ4v) is 3.53. The molecule has 2 aromatic carbocycles. The quantitative estimate of drug-likeness (QED) is 0.663. The summed E-state index contributed by atoms with van der Waals surface area (Å²) < 4.78 is 19.6. The Kier molecular flexibility index (Phi) is 5.55. The van der Waals surface area contributed by atoms with Crippen LogP contribution >= 0.6 is 0 Å². The molecule has 6 nitrogen and oxygen atoms in total. The van der Waals surface area contributed by atoms with Gasteiger partial charge in [-0.25, -0.2) is 4.39 Å². The molecule has 29 heavy (non-hydrogen) atoms. The number of carbonyl (C=O) groups is 1. The van der Waals surface area contributed by atoms with E-state index in [1.54, 1.807) is 12.1 Å². The molecule has 4 rings (SSSR count). The molecule has 0 radical (unpaired) electrons. The molecule has 1 saturated heterocycles. The van der Waals surface area contributed by atoms with Crippen molar-refractivity contribution >= 4 is 11.6 Å². The Labute approximate surface area is 169 Å². The highest BCUT2D eigenvalue weighted by Gasteiger charge is 2.23. The number of halogens is 1. The maximum atomic E-state index is 13.9. The number of hydrogen-bond acceptors (Lipinski definition) is 5. The molecule has 0 bridgehead atoms. The van der Waals surface area contributed by atoms with Gasteiger partial charge in [-0.15, -0.1) is 10.2 Å². The van der Waals surface area contributed by atoms with Crippen LogP contribution in [0.3, 0.4) is 0 Å². The molecule has 0 saturated carbocycles. The first-order chi connectivity index (χ1) is 14.1. The van der Waals surface area contributed by atoms with E-state index in [9.17, 15) is 9.18 Å². The number of anilines is 1. The number of hydrogen-bond donors (Lipinski definition) is 0. The van der Waals surface area contributed by atoms with Crippen LogP contribution in [-0.4, -0.2) is 47.2 Å². The van der Waals surface area contributed by atoms with Crippen molar-refractivity contribution in [2.24, 2.45) is 0 Å². The number of aromatic nitrogens is 2. The van der Waals surface area contributed by atoms with E-state index in [2.05, 4.69) is 10.2 Å². The molecule has 150 valence electrons. The van der Waals surface area contributed by atoms with E-state index in [1.807, 2.05) is 47.1 Å². The number of benzene rings is 2. The Morgan fingerprint density at radius 2 is 1.86 bits per heavy atom. The number of amides is 1. The van der Waals surface area contributed by atoms with Crippen LogP contribution in [0, 0.1) is 12.7 Å². The lowest BCUT2D eigenvalue weighted by Crippen LogP contribution is -2.49. The molecule has 7 heteroatoms. The number of aryl methyl sites for hydroxylation is 2. The molecule has 0 spiro atoms. The van der Waals surface area contributed by atoms with E-state index in [-0.39, 0.29) is 11.7 Å². The van der Waals surface area contributed by atoms with Crippen LogP contribution < -0.4 is 4.90 Å². The Morgan fingerprint density at radius 1 is 1.07 bits per heavy atom. The topological polar surface area (TPSA) is 62.5 Å². The minimum Gasteiger partial charge on any atom is -0.421 e. The number of piperazine rings is 1. The molecule has 1 aliphatic heterocycles. The number of para-hydroxylation sites is 1. The molecular weight excluding hydrogens is 371 g/mol. The van der Waals surface area contributed by atoms with E-state index in [0.717, 1.165) is 11.1 Å². The largest absolute Gasteiger partial charge is 0.421 e. The fourth-order valence-electron chi connectivity index (χ4n) is 3.53. The molecule has 3 aromatic rings. The molecule has 1 fully saturated rings. The summed E-state index contributed by atoms with van der Waals surface area (Å²) >= 11 is 0. The Morgan fingerprint density at radius 3 is 2.62 bits per heavy atom. The predicted molar refractivity (Wildman–Crippen MR) is 108 cm³/mol. The molecule has 0 N–H and O–H groups in total. The maximum absolute atomic E-state index is 13.9. The average Bonchev–Trinajstić information content (AvgIpc) is 3.22. The third-order valence-corrected chi connectivity index (χ3v) is 5.11. The van der Waals surface area contributed by atoms with E-state index in [0.29, 0.717) is 56.5 Å². The number of nitrogens with zero attached hydrogens (tertiary/aromatic N) is 4. The molecule has 1 aromatic heterocycles. The Hall–Kier alpha value is -3.22. The first-order valence-electron chi connectivity index (χ1n) is 9.77. The molecular formula is C22H23FN4O2. The maximum Gasteiger partial charge on any atom is 0.247 e. The van der Waals surface area contributed by atoms with Crippen molar-refractivity contribution in [2.75, 3.05) is 31.1 Å². The molecule has 2 heterocycles. The SMILES string of the molecule is Cc1cccc(-c2nnc(CCC(=O)N3CCN(c4ccccc4F)CC3)o2)c1. The van der Waals surface area contributed by atoms with Crippen LogP contribution in [0.1, 0.15) is 17.9 Å². The van der Waals surface area contributed by atoms with Gasteiger partial charge in [-0.05, 0) is 31.2 Å². The van der Waals surface area contributed by atoms with Gasteiger partial charge in [0.1, 0.15) is 5.82 Å². The molecule has 0 atom stereocenters. The van der Waals surface area contributed by atoms with Gasteiger partial charge in [-0.2, -0.15) is 0 Å². The zero-order valence-corrected chi connectivity index (χ0v) is 16.3. The van der Waals surface area contributed by atoms with Crippen molar-refractivity contribution in [1.82, 2.24) is 15.1 Å². The van der Waals surface area contributed by atoms with Gasteiger partial charge in [0.25, 0.3) is 0 Å². The fraction of sp³-hybridized carbons (Fsp3) is 0.318. The van der Waals surface area contributed by atoms with Crippen LogP contribution in [0.25, 0.3) is 11.5 Å². The van der Waals surface area contributed by atoms with Crippen LogP contribution in [0.4, 0.5) is 10.1 Å². The summed E-state index contributed by atoms with van der Waals surface area (Å²) in [5.74, 6) is 0.746. The summed E-state index contributed by atoms with van der Waals surface area (Å²) in [4.78, 5) is 16.3. The van der Waals surface area contributed by atoms with Gasteiger partial charge >= 0.3 is 0 Å². The van der Waals surface area contributed by atoms with Gasteiger partial charge in [-0.1, -0.05) is 29.8 Å². The monoisotopic (exact) mass is 394 g/mol. The Bertz CT molecular complexity index is 996. The normalized spacial score (nSPS) is 14.3. The standard InChI is InChI=1S/C22H23FN4O2/c1-16-5-4-6-17(15-16)22-25-24-20(29-22)9-10-21(28)27-13-11-26(12-14-27)19-8-3-2-7-18(19)23/h2-8,15H,9-14H2,1H3. The van der Waals surface area contributed by atoms with Crippen molar-refractivity contribution in [1.29, 1.82) is 0 Å². The zero-order chi connectivity index (χ0) is 20.2. The summed E-state index contributed by atoms with van der Waals surface area (Å²) in [6.07, 6.45) is 0.723. The molecule has 1 aliphatic rings. The van der Waals surface area contributed by atoms with Crippen LogP contribution in [0.15, 0.2) is 52.9 Å². The van der Waals surface area contributed by atoms with Gasteiger partial charge in [0, 0.05) is 44.6 Å². The van der Waals surface area contributed by atoms with Crippen molar-refractivity contribution < 1.29 is 13.6 Å². The van der Waals surface area contributed by atoms with Crippen molar-refractivity contribution in [3.8, 4) is 11.5 Å². The minimum atomic E-state index is -0.229. The first kappa shape index (κ1) is 19.1. The van der Waals surface area contributed by atoms with Gasteiger partial charge in [0.15, 0.2) is 0 Å². The third-order valence-electron chi connectivity index (χ3n) is 5.11.